The molecule has 2 aromatic carbocycles. The summed E-state index contributed by atoms with van der Waals surface area (Å²) in [6.07, 6.45) is 0.528. The summed E-state index contributed by atoms with van der Waals surface area (Å²) in [5, 5.41) is 3.50. The minimum absolute atomic E-state index is 0.00282. The molecule has 6 nitrogen and oxygen atoms in total. The molecular weight excluding hydrogens is 370 g/mol. The van der Waals surface area contributed by atoms with Crippen LogP contribution in [-0.2, 0) is 20.7 Å². The fourth-order valence-corrected chi connectivity index (χ4v) is 3.05. The Morgan fingerprint density at radius 3 is 2.52 bits per heavy atom. The van der Waals surface area contributed by atoms with E-state index >= 15 is 0 Å². The number of nitrogens with one attached hydrogen (secondary N) is 1. The third kappa shape index (κ3) is 4.54. The third-order valence-electron chi connectivity index (χ3n) is 4.85. The molecule has 1 aromatic heterocycles. The van der Waals surface area contributed by atoms with E-state index in [9.17, 15) is 14.4 Å². The van der Waals surface area contributed by atoms with Crippen LogP contribution in [-0.4, -0.2) is 23.8 Å². The van der Waals surface area contributed by atoms with Gasteiger partial charge in [-0.05, 0) is 63.1 Å². The monoisotopic (exact) mass is 393 g/mol. The molecule has 0 spiro atoms. The summed E-state index contributed by atoms with van der Waals surface area (Å²) >= 11 is 0. The number of amides is 1. The zero-order chi connectivity index (χ0) is 21.1. The fourth-order valence-electron chi connectivity index (χ4n) is 3.05. The number of rotatable bonds is 6. The molecule has 0 unspecified atom stereocenters. The summed E-state index contributed by atoms with van der Waals surface area (Å²) in [4.78, 5) is 36.4. The van der Waals surface area contributed by atoms with Crippen LogP contribution in [0.1, 0.15) is 40.9 Å². The molecule has 0 saturated heterocycles. The number of carbonyl (C=O) groups excluding carboxylic acids is 3. The molecule has 1 atom stereocenters. The number of anilines is 1. The predicted octanol–water partition coefficient (Wildman–Crippen LogP) is 4.37. The zero-order valence-electron chi connectivity index (χ0n) is 16.9. The first-order valence-electron chi connectivity index (χ1n) is 9.34. The Bertz CT molecular complexity index is 1100. The number of ether oxygens (including phenoxy) is 1. The largest absolute Gasteiger partial charge is 0.464 e. The van der Waals surface area contributed by atoms with Crippen molar-refractivity contribution in [1.29, 1.82) is 0 Å². The van der Waals surface area contributed by atoms with Gasteiger partial charge in [-0.1, -0.05) is 12.1 Å². The highest BCUT2D eigenvalue weighted by molar-refractivity contribution is 6.04. The van der Waals surface area contributed by atoms with Crippen LogP contribution >= 0.6 is 0 Å². The van der Waals surface area contributed by atoms with Crippen LogP contribution in [0.2, 0.25) is 0 Å². The van der Waals surface area contributed by atoms with Crippen molar-refractivity contribution < 1.29 is 23.5 Å². The molecule has 29 heavy (non-hydrogen) atoms. The number of benzene rings is 2. The van der Waals surface area contributed by atoms with Gasteiger partial charge in [-0.15, -0.1) is 0 Å². The number of fused-ring (bicyclic) bond motifs is 1. The third-order valence-corrected chi connectivity index (χ3v) is 4.85. The van der Waals surface area contributed by atoms with E-state index in [1.807, 2.05) is 26.0 Å². The molecule has 6 heteroatoms. The normalized spacial score (nSPS) is 11.9. The van der Waals surface area contributed by atoms with E-state index in [-0.39, 0.29) is 12.2 Å². The van der Waals surface area contributed by atoms with Crippen molar-refractivity contribution in [3.8, 4) is 0 Å². The van der Waals surface area contributed by atoms with Gasteiger partial charge in [0, 0.05) is 16.5 Å². The Hall–Kier alpha value is -3.41. The van der Waals surface area contributed by atoms with E-state index in [1.54, 1.807) is 30.5 Å². The summed E-state index contributed by atoms with van der Waals surface area (Å²) in [6, 6.07) is 10.6. The summed E-state index contributed by atoms with van der Waals surface area (Å²) in [6.45, 7) is 6.91. The van der Waals surface area contributed by atoms with Gasteiger partial charge in [-0.25, -0.2) is 0 Å². The molecule has 0 aliphatic rings. The molecular formula is C23H23NO5. The number of furan rings is 1. The topological polar surface area (TPSA) is 85.6 Å². The fraction of sp³-hybridized carbons (Fsp3) is 0.261. The van der Waals surface area contributed by atoms with E-state index in [0.717, 1.165) is 16.5 Å². The maximum absolute atomic E-state index is 12.4. The first-order chi connectivity index (χ1) is 13.8. The van der Waals surface area contributed by atoms with Crippen molar-refractivity contribution in [3.05, 3.63) is 64.9 Å². The lowest BCUT2D eigenvalue weighted by Crippen LogP contribution is -2.31. The van der Waals surface area contributed by atoms with Gasteiger partial charge in [0.15, 0.2) is 11.9 Å². The van der Waals surface area contributed by atoms with Gasteiger partial charge in [0.2, 0.25) is 0 Å². The molecule has 1 N–H and O–H groups in total. The maximum Gasteiger partial charge on any atom is 0.311 e. The number of Topliss-reactive ketones (excluding diaryl/α,β-unsaturated/α-hetero) is 1. The Morgan fingerprint density at radius 1 is 1.10 bits per heavy atom. The van der Waals surface area contributed by atoms with Crippen molar-refractivity contribution in [1.82, 2.24) is 0 Å². The van der Waals surface area contributed by atoms with Gasteiger partial charge in [-0.2, -0.15) is 0 Å². The average Bonchev–Trinajstić information content (AvgIpc) is 3.03. The maximum atomic E-state index is 12.4. The summed E-state index contributed by atoms with van der Waals surface area (Å²) in [7, 11) is 0. The first kappa shape index (κ1) is 20.3. The van der Waals surface area contributed by atoms with Gasteiger partial charge in [0.1, 0.15) is 5.58 Å². The van der Waals surface area contributed by atoms with Crippen LogP contribution < -0.4 is 5.32 Å². The van der Waals surface area contributed by atoms with Crippen molar-refractivity contribution in [3.63, 3.8) is 0 Å². The van der Waals surface area contributed by atoms with E-state index in [2.05, 4.69) is 5.32 Å². The Labute approximate surface area is 168 Å². The smallest absolute Gasteiger partial charge is 0.311 e. The standard InChI is InChI=1S/C23H23NO5/c1-13-9-19-17(12-28-21(19)10-14(13)2)11-22(26)29-16(4)23(27)24-20-8-6-5-7-18(20)15(3)25/h5-10,12,16H,11H2,1-4H3,(H,24,27)/t16-/m1/s1. The van der Waals surface area contributed by atoms with Crippen molar-refractivity contribution >= 4 is 34.3 Å². The van der Waals surface area contributed by atoms with Crippen LogP contribution in [0.25, 0.3) is 11.0 Å². The summed E-state index contributed by atoms with van der Waals surface area (Å²) in [5.41, 5.74) is 4.42. The number of aryl methyl sites for hydroxylation is 2. The summed E-state index contributed by atoms with van der Waals surface area (Å²) < 4.78 is 10.8. The number of carbonyl (C=O) groups is 3. The SMILES string of the molecule is CC(=O)c1ccccc1NC(=O)[C@@H](C)OC(=O)Cc1coc2cc(C)c(C)cc12. The Balaban J connectivity index is 1.66. The van der Waals surface area contributed by atoms with Crippen LogP contribution in [0.5, 0.6) is 0 Å². The average molecular weight is 393 g/mol. The first-order valence-corrected chi connectivity index (χ1v) is 9.34. The predicted molar refractivity (Wildman–Crippen MR) is 110 cm³/mol. The number of hydrogen-bond donors (Lipinski definition) is 1. The van der Waals surface area contributed by atoms with Crippen molar-refractivity contribution in [2.45, 2.75) is 40.2 Å². The minimum Gasteiger partial charge on any atom is -0.464 e. The molecule has 0 bridgehead atoms. The van der Waals surface area contributed by atoms with Crippen molar-refractivity contribution in [2.24, 2.45) is 0 Å². The molecule has 0 saturated carbocycles. The lowest BCUT2D eigenvalue weighted by atomic mass is 10.0. The van der Waals surface area contributed by atoms with Gasteiger partial charge in [-0.3, -0.25) is 14.4 Å². The van der Waals surface area contributed by atoms with Crippen LogP contribution in [0, 0.1) is 13.8 Å². The van der Waals surface area contributed by atoms with Crippen molar-refractivity contribution in [2.75, 3.05) is 5.32 Å². The minimum atomic E-state index is -1.01. The zero-order valence-corrected chi connectivity index (χ0v) is 16.9. The van der Waals surface area contributed by atoms with E-state index in [0.29, 0.717) is 22.4 Å². The quantitative estimate of drug-likeness (QED) is 0.497. The van der Waals surface area contributed by atoms with E-state index < -0.39 is 18.0 Å². The Kier molecular flexibility index (Phi) is 5.82. The molecule has 0 aliphatic carbocycles. The van der Waals surface area contributed by atoms with E-state index in [4.69, 9.17) is 9.15 Å². The number of para-hydroxylation sites is 1. The lowest BCUT2D eigenvalue weighted by molar-refractivity contribution is -0.152. The molecule has 150 valence electrons. The van der Waals surface area contributed by atoms with Crippen LogP contribution in [0.15, 0.2) is 47.1 Å². The molecule has 0 radical (unpaired) electrons. The molecule has 3 aromatic rings. The summed E-state index contributed by atoms with van der Waals surface area (Å²) in [5.74, 6) is -1.20. The van der Waals surface area contributed by atoms with Gasteiger partial charge in [0.25, 0.3) is 5.91 Å². The second kappa shape index (κ2) is 8.31. The number of hydrogen-bond acceptors (Lipinski definition) is 5. The second-order valence-electron chi connectivity index (χ2n) is 7.09. The van der Waals surface area contributed by atoms with Crippen LogP contribution in [0.4, 0.5) is 5.69 Å². The Morgan fingerprint density at radius 2 is 1.79 bits per heavy atom. The van der Waals surface area contributed by atoms with Gasteiger partial charge < -0.3 is 14.5 Å². The molecule has 3 rings (SSSR count). The van der Waals surface area contributed by atoms with E-state index in [1.165, 1.54) is 13.8 Å². The second-order valence-corrected chi connectivity index (χ2v) is 7.09. The van der Waals surface area contributed by atoms with Gasteiger partial charge in [0.05, 0.1) is 18.4 Å². The highest BCUT2D eigenvalue weighted by Crippen LogP contribution is 2.25. The highest BCUT2D eigenvalue weighted by atomic mass is 16.5. The van der Waals surface area contributed by atoms with Crippen LogP contribution in [0.3, 0.4) is 0 Å². The molecule has 0 aliphatic heterocycles. The number of ketones is 1. The highest BCUT2D eigenvalue weighted by Gasteiger charge is 2.21. The van der Waals surface area contributed by atoms with Gasteiger partial charge >= 0.3 is 5.97 Å². The lowest BCUT2D eigenvalue weighted by Gasteiger charge is -2.15. The number of esters is 1. The molecule has 0 fully saturated rings. The molecule has 1 heterocycles. The molecule has 1 amide bonds.